The molecule has 0 aromatic heterocycles. The van der Waals surface area contributed by atoms with E-state index in [2.05, 4.69) is 4.72 Å². The van der Waals surface area contributed by atoms with Gasteiger partial charge in [0.1, 0.15) is 0 Å². The summed E-state index contributed by atoms with van der Waals surface area (Å²) in [5, 5.41) is 0. The zero-order valence-corrected chi connectivity index (χ0v) is 14.5. The Morgan fingerprint density at radius 1 is 1.08 bits per heavy atom. The van der Waals surface area contributed by atoms with Crippen LogP contribution in [0.5, 0.6) is 0 Å². The largest absolute Gasteiger partial charge is 0.449 e. The molecule has 2 rings (SSSR count). The van der Waals surface area contributed by atoms with Gasteiger partial charge in [0.25, 0.3) is 15.9 Å². The van der Waals surface area contributed by atoms with Crippen molar-refractivity contribution in [2.75, 3.05) is 4.72 Å². The van der Waals surface area contributed by atoms with Gasteiger partial charge in [-0.3, -0.25) is 9.52 Å². The predicted octanol–water partition coefficient (Wildman–Crippen LogP) is 1.83. The summed E-state index contributed by atoms with van der Waals surface area (Å²) in [7, 11) is -3.79. The van der Waals surface area contributed by atoms with E-state index >= 15 is 0 Å². The minimum Gasteiger partial charge on any atom is -0.449 e. The first kappa shape index (κ1) is 18.5. The number of carbonyl (C=O) groups is 2. The minimum absolute atomic E-state index is 0.00440. The Morgan fingerprint density at radius 3 is 2.24 bits per heavy atom. The molecule has 0 spiro atoms. The lowest BCUT2D eigenvalue weighted by Gasteiger charge is -2.12. The number of hydrogen-bond acceptors (Lipinski definition) is 5. The Kier molecular flexibility index (Phi) is 5.43. The molecule has 25 heavy (non-hydrogen) atoms. The molecule has 0 heterocycles. The Hall–Kier alpha value is -2.87. The maximum Gasteiger partial charge on any atom is 0.338 e. The normalized spacial score (nSPS) is 12.2. The number of para-hydroxylation sites is 1. The number of primary amides is 1. The highest BCUT2D eigenvalue weighted by molar-refractivity contribution is 7.92. The fraction of sp³-hybridized carbons (Fsp3) is 0.176. The first-order valence-electron chi connectivity index (χ1n) is 7.39. The molecule has 1 atom stereocenters. The minimum atomic E-state index is -3.79. The molecule has 0 aliphatic rings. The van der Waals surface area contributed by atoms with Gasteiger partial charge in [-0.15, -0.1) is 0 Å². The van der Waals surface area contributed by atoms with Crippen molar-refractivity contribution >= 4 is 27.6 Å². The van der Waals surface area contributed by atoms with Crippen molar-refractivity contribution in [2.45, 2.75) is 24.8 Å². The van der Waals surface area contributed by atoms with E-state index < -0.39 is 28.0 Å². The average molecular weight is 362 g/mol. The molecule has 132 valence electrons. The summed E-state index contributed by atoms with van der Waals surface area (Å²) in [5.41, 5.74) is 6.40. The van der Waals surface area contributed by atoms with E-state index in [1.54, 1.807) is 31.2 Å². The fourth-order valence-corrected chi connectivity index (χ4v) is 3.08. The number of carbonyl (C=O) groups excluding carboxylic acids is 2. The first-order valence-corrected chi connectivity index (χ1v) is 8.88. The van der Waals surface area contributed by atoms with Gasteiger partial charge < -0.3 is 10.5 Å². The molecule has 0 radical (unpaired) electrons. The molecule has 2 aromatic carbocycles. The van der Waals surface area contributed by atoms with Crippen LogP contribution in [0.4, 0.5) is 5.69 Å². The summed E-state index contributed by atoms with van der Waals surface area (Å²) in [6.07, 6.45) is -1.07. The number of nitrogens with two attached hydrogens (primary N) is 1. The molecule has 0 fully saturated rings. The van der Waals surface area contributed by atoms with Crippen LogP contribution in [0.2, 0.25) is 0 Å². The highest BCUT2D eigenvalue weighted by atomic mass is 32.2. The number of benzene rings is 2. The Labute approximate surface area is 145 Å². The summed E-state index contributed by atoms with van der Waals surface area (Å²) in [4.78, 5) is 22.8. The third-order valence-electron chi connectivity index (χ3n) is 3.47. The van der Waals surface area contributed by atoms with Gasteiger partial charge in [0.2, 0.25) is 0 Å². The highest BCUT2D eigenvalue weighted by Gasteiger charge is 2.19. The average Bonchev–Trinajstić information content (AvgIpc) is 2.56. The van der Waals surface area contributed by atoms with Crippen molar-refractivity contribution in [3.63, 3.8) is 0 Å². The molecule has 0 aliphatic carbocycles. The van der Waals surface area contributed by atoms with Gasteiger partial charge in [-0.1, -0.05) is 18.2 Å². The van der Waals surface area contributed by atoms with Crippen LogP contribution in [-0.4, -0.2) is 26.4 Å². The Morgan fingerprint density at radius 2 is 1.68 bits per heavy atom. The van der Waals surface area contributed by atoms with Crippen LogP contribution in [0.1, 0.15) is 22.8 Å². The SMILES string of the molecule is Cc1ccccc1NS(=O)(=O)c1ccc(C(=O)O[C@@H](C)C(N)=O)cc1. The van der Waals surface area contributed by atoms with Crippen molar-refractivity contribution in [3.05, 3.63) is 59.7 Å². The van der Waals surface area contributed by atoms with E-state index in [1.165, 1.54) is 31.2 Å². The van der Waals surface area contributed by atoms with E-state index in [0.29, 0.717) is 5.69 Å². The van der Waals surface area contributed by atoms with Crippen LogP contribution in [0, 0.1) is 6.92 Å². The third-order valence-corrected chi connectivity index (χ3v) is 4.86. The second-order valence-electron chi connectivity index (χ2n) is 5.39. The van der Waals surface area contributed by atoms with Crippen molar-refractivity contribution in [2.24, 2.45) is 5.73 Å². The topological polar surface area (TPSA) is 116 Å². The molecule has 3 N–H and O–H groups in total. The van der Waals surface area contributed by atoms with E-state index in [-0.39, 0.29) is 10.5 Å². The molecular weight excluding hydrogens is 344 g/mol. The van der Waals surface area contributed by atoms with Gasteiger partial charge >= 0.3 is 5.97 Å². The second kappa shape index (κ2) is 7.35. The fourth-order valence-electron chi connectivity index (χ4n) is 1.95. The van der Waals surface area contributed by atoms with Crippen LogP contribution in [0.15, 0.2) is 53.4 Å². The van der Waals surface area contributed by atoms with E-state index in [0.717, 1.165) is 5.56 Å². The smallest absolute Gasteiger partial charge is 0.338 e. The zero-order valence-electron chi connectivity index (χ0n) is 13.7. The lowest BCUT2D eigenvalue weighted by atomic mass is 10.2. The number of hydrogen-bond donors (Lipinski definition) is 2. The number of ether oxygens (including phenoxy) is 1. The number of esters is 1. The molecule has 0 saturated carbocycles. The van der Waals surface area contributed by atoms with Gasteiger partial charge in [0.15, 0.2) is 6.10 Å². The highest BCUT2D eigenvalue weighted by Crippen LogP contribution is 2.20. The molecule has 0 unspecified atom stereocenters. The zero-order chi connectivity index (χ0) is 18.6. The number of nitrogens with one attached hydrogen (secondary N) is 1. The van der Waals surface area contributed by atoms with Gasteiger partial charge in [-0.05, 0) is 49.7 Å². The van der Waals surface area contributed by atoms with Crippen molar-refractivity contribution in [1.82, 2.24) is 0 Å². The third kappa shape index (κ3) is 4.57. The monoisotopic (exact) mass is 362 g/mol. The van der Waals surface area contributed by atoms with Crippen molar-refractivity contribution in [1.29, 1.82) is 0 Å². The maximum absolute atomic E-state index is 12.4. The first-order chi connectivity index (χ1) is 11.7. The van der Waals surface area contributed by atoms with Crippen LogP contribution in [0.25, 0.3) is 0 Å². The molecule has 0 bridgehead atoms. The molecule has 0 saturated heterocycles. The lowest BCUT2D eigenvalue weighted by Crippen LogP contribution is -2.30. The molecule has 8 heteroatoms. The number of amides is 1. The van der Waals surface area contributed by atoms with Crippen LogP contribution in [-0.2, 0) is 19.6 Å². The van der Waals surface area contributed by atoms with E-state index in [4.69, 9.17) is 10.5 Å². The van der Waals surface area contributed by atoms with Crippen LogP contribution in [0.3, 0.4) is 0 Å². The molecule has 2 aromatic rings. The Balaban J connectivity index is 2.17. The quantitative estimate of drug-likeness (QED) is 0.761. The Bertz CT molecular complexity index is 892. The summed E-state index contributed by atoms with van der Waals surface area (Å²) in [6, 6.07) is 12.2. The number of aryl methyl sites for hydroxylation is 1. The van der Waals surface area contributed by atoms with Gasteiger partial charge in [0, 0.05) is 0 Å². The van der Waals surface area contributed by atoms with E-state index in [9.17, 15) is 18.0 Å². The summed E-state index contributed by atoms with van der Waals surface area (Å²) < 4.78 is 32.2. The number of anilines is 1. The maximum atomic E-state index is 12.4. The molecule has 0 aliphatic heterocycles. The number of sulfonamides is 1. The molecule has 1 amide bonds. The van der Waals surface area contributed by atoms with Gasteiger partial charge in [-0.2, -0.15) is 0 Å². The predicted molar refractivity (Wildman–Crippen MR) is 92.5 cm³/mol. The standard InChI is InChI=1S/C17H18N2O5S/c1-11-5-3-4-6-15(11)19-25(22,23)14-9-7-13(8-10-14)17(21)24-12(2)16(18)20/h3-10,12,19H,1-2H3,(H2,18,20)/t12-/m0/s1. The summed E-state index contributed by atoms with van der Waals surface area (Å²) in [5.74, 6) is -1.53. The van der Waals surface area contributed by atoms with Crippen LogP contribution >= 0.6 is 0 Å². The molecular formula is C17H18N2O5S. The van der Waals surface area contributed by atoms with Crippen molar-refractivity contribution in [3.8, 4) is 0 Å². The van der Waals surface area contributed by atoms with E-state index in [1.807, 2.05) is 0 Å². The summed E-state index contributed by atoms with van der Waals surface area (Å²) >= 11 is 0. The lowest BCUT2D eigenvalue weighted by molar-refractivity contribution is -0.125. The van der Waals surface area contributed by atoms with Crippen molar-refractivity contribution < 1.29 is 22.7 Å². The summed E-state index contributed by atoms with van der Waals surface area (Å²) in [6.45, 7) is 3.14. The molecule has 7 nitrogen and oxygen atoms in total. The second-order valence-corrected chi connectivity index (χ2v) is 7.08. The van der Waals surface area contributed by atoms with Crippen LogP contribution < -0.4 is 10.5 Å². The van der Waals surface area contributed by atoms with Gasteiger partial charge in [-0.25, -0.2) is 13.2 Å². The number of rotatable bonds is 6. The van der Waals surface area contributed by atoms with Gasteiger partial charge in [0.05, 0.1) is 16.1 Å².